The van der Waals surface area contributed by atoms with Gasteiger partial charge in [0.15, 0.2) is 0 Å². The quantitative estimate of drug-likeness (QED) is 0.842. The Morgan fingerprint density at radius 1 is 1.25 bits per heavy atom. The van der Waals surface area contributed by atoms with E-state index in [2.05, 4.69) is 33.0 Å². The first-order valence-corrected chi connectivity index (χ1v) is 6.24. The fraction of sp³-hybridized carbons (Fsp3) is 0.538. The average Bonchev–Trinajstić information content (AvgIpc) is 2.18. The summed E-state index contributed by atoms with van der Waals surface area (Å²) >= 11 is 12.1. The molecule has 0 heterocycles. The van der Waals surface area contributed by atoms with Gasteiger partial charge in [0.2, 0.25) is 0 Å². The lowest BCUT2D eigenvalue weighted by Gasteiger charge is -2.28. The molecule has 0 saturated heterocycles. The molecule has 0 saturated carbocycles. The molecule has 1 rings (SSSR count). The Morgan fingerprint density at radius 2 is 1.88 bits per heavy atom. The fourth-order valence-corrected chi connectivity index (χ4v) is 1.64. The van der Waals surface area contributed by atoms with Gasteiger partial charge in [-0.3, -0.25) is 0 Å². The molecule has 0 aromatic heterocycles. The van der Waals surface area contributed by atoms with Crippen LogP contribution in [0.5, 0.6) is 0 Å². The van der Waals surface area contributed by atoms with Crippen molar-refractivity contribution in [3.05, 3.63) is 33.8 Å². The number of nitrogens with one attached hydrogen (secondary N) is 1. The van der Waals surface area contributed by atoms with Crippen LogP contribution in [0.1, 0.15) is 33.3 Å². The molecule has 0 aliphatic rings. The van der Waals surface area contributed by atoms with Crippen molar-refractivity contribution in [3.63, 3.8) is 0 Å². The molecule has 1 nitrogen and oxygen atoms in total. The molecule has 0 bridgehead atoms. The maximum absolute atomic E-state index is 6.12. The topological polar surface area (TPSA) is 12.0 Å². The highest BCUT2D eigenvalue weighted by Crippen LogP contribution is 2.26. The second-order valence-corrected chi connectivity index (χ2v) is 5.97. The van der Waals surface area contributed by atoms with E-state index in [4.69, 9.17) is 23.2 Å². The van der Waals surface area contributed by atoms with Gasteiger partial charge in [0.25, 0.3) is 0 Å². The van der Waals surface area contributed by atoms with Gasteiger partial charge in [-0.1, -0.05) is 56.1 Å². The molecular weight excluding hydrogens is 241 g/mol. The van der Waals surface area contributed by atoms with Gasteiger partial charge in [0.1, 0.15) is 0 Å². The Morgan fingerprint density at radius 3 is 2.44 bits per heavy atom. The summed E-state index contributed by atoms with van der Waals surface area (Å²) in [4.78, 5) is 0. The zero-order valence-electron chi connectivity index (χ0n) is 10.3. The Kier molecular flexibility index (Phi) is 4.66. The summed E-state index contributed by atoms with van der Waals surface area (Å²) in [5.41, 5.74) is 1.29. The molecule has 0 fully saturated rings. The fourth-order valence-electron chi connectivity index (χ4n) is 1.25. The van der Waals surface area contributed by atoms with Crippen LogP contribution in [0.25, 0.3) is 0 Å². The van der Waals surface area contributed by atoms with Crippen LogP contribution < -0.4 is 5.32 Å². The van der Waals surface area contributed by atoms with E-state index in [1.54, 1.807) is 6.07 Å². The van der Waals surface area contributed by atoms with Gasteiger partial charge in [-0.2, -0.15) is 0 Å². The minimum absolute atomic E-state index is 0.241. The van der Waals surface area contributed by atoms with E-state index in [9.17, 15) is 0 Å². The van der Waals surface area contributed by atoms with Crippen molar-refractivity contribution in [2.24, 2.45) is 5.41 Å². The first-order valence-electron chi connectivity index (χ1n) is 5.48. The van der Waals surface area contributed by atoms with Crippen molar-refractivity contribution in [1.29, 1.82) is 0 Å². The van der Waals surface area contributed by atoms with Crippen molar-refractivity contribution >= 4 is 23.2 Å². The lowest BCUT2D eigenvalue weighted by molar-refractivity contribution is 0.285. The minimum atomic E-state index is 0.241. The molecule has 0 spiro atoms. The molecule has 1 aromatic rings. The van der Waals surface area contributed by atoms with Crippen LogP contribution in [0.3, 0.4) is 0 Å². The van der Waals surface area contributed by atoms with Gasteiger partial charge in [-0.15, -0.1) is 0 Å². The summed E-state index contributed by atoms with van der Waals surface area (Å²) in [5, 5.41) is 4.73. The van der Waals surface area contributed by atoms with Crippen molar-refractivity contribution in [1.82, 2.24) is 5.32 Å². The van der Waals surface area contributed by atoms with Crippen LogP contribution in [0.15, 0.2) is 18.2 Å². The lowest BCUT2D eigenvalue weighted by atomic mass is 9.88. The summed E-state index contributed by atoms with van der Waals surface area (Å²) in [7, 11) is 0. The first kappa shape index (κ1) is 13.8. The summed E-state index contributed by atoms with van der Waals surface area (Å²) in [5.74, 6) is 0. The van der Waals surface area contributed by atoms with Gasteiger partial charge in [0, 0.05) is 12.6 Å². The highest BCUT2D eigenvalue weighted by Gasteiger charge is 2.19. The average molecular weight is 260 g/mol. The van der Waals surface area contributed by atoms with Crippen molar-refractivity contribution < 1.29 is 0 Å². The molecule has 16 heavy (non-hydrogen) atoms. The second-order valence-electron chi connectivity index (χ2n) is 5.18. The number of rotatable bonds is 3. The number of halogens is 2. The Bertz CT molecular complexity index is 355. The maximum atomic E-state index is 6.12. The second kappa shape index (κ2) is 5.39. The highest BCUT2D eigenvalue weighted by atomic mass is 35.5. The van der Waals surface area contributed by atoms with Crippen molar-refractivity contribution in [2.45, 2.75) is 40.3 Å². The van der Waals surface area contributed by atoms with Crippen LogP contribution in [0.4, 0.5) is 0 Å². The summed E-state index contributed by atoms with van der Waals surface area (Å²) < 4.78 is 0. The van der Waals surface area contributed by atoms with Gasteiger partial charge >= 0.3 is 0 Å². The molecule has 0 amide bonds. The van der Waals surface area contributed by atoms with E-state index >= 15 is 0 Å². The van der Waals surface area contributed by atoms with Crippen LogP contribution in [-0.4, -0.2) is 6.04 Å². The van der Waals surface area contributed by atoms with Gasteiger partial charge < -0.3 is 5.32 Å². The van der Waals surface area contributed by atoms with Crippen LogP contribution in [0, 0.1) is 5.41 Å². The predicted octanol–water partition coefficient (Wildman–Crippen LogP) is 4.52. The molecule has 1 N–H and O–H groups in total. The van der Waals surface area contributed by atoms with E-state index in [1.807, 2.05) is 12.1 Å². The van der Waals surface area contributed by atoms with Crippen LogP contribution >= 0.6 is 23.2 Å². The van der Waals surface area contributed by atoms with Gasteiger partial charge in [0.05, 0.1) is 10.0 Å². The third-order valence-corrected chi connectivity index (χ3v) is 3.79. The minimum Gasteiger partial charge on any atom is -0.310 e. The third kappa shape index (κ3) is 3.65. The zero-order chi connectivity index (χ0) is 12.3. The Balaban J connectivity index is 2.65. The largest absolute Gasteiger partial charge is 0.310 e. The summed E-state index contributed by atoms with van der Waals surface area (Å²) in [6.45, 7) is 9.56. The Labute approximate surface area is 108 Å². The predicted molar refractivity (Wildman–Crippen MR) is 72.2 cm³/mol. The van der Waals surface area contributed by atoms with E-state index in [0.29, 0.717) is 16.1 Å². The van der Waals surface area contributed by atoms with Gasteiger partial charge in [-0.05, 0) is 24.0 Å². The van der Waals surface area contributed by atoms with Crippen molar-refractivity contribution in [2.75, 3.05) is 0 Å². The Hall–Kier alpha value is -0.240. The van der Waals surface area contributed by atoms with Crippen LogP contribution in [0.2, 0.25) is 10.0 Å². The maximum Gasteiger partial charge on any atom is 0.0637 e. The number of hydrogen-bond donors (Lipinski definition) is 1. The molecule has 0 aliphatic heterocycles. The zero-order valence-corrected chi connectivity index (χ0v) is 11.8. The molecule has 1 atom stereocenters. The normalized spacial score (nSPS) is 13.9. The first-order chi connectivity index (χ1) is 7.32. The van der Waals surface area contributed by atoms with E-state index in [1.165, 1.54) is 0 Å². The molecule has 1 unspecified atom stereocenters. The monoisotopic (exact) mass is 259 g/mol. The standard InChI is InChI=1S/C13H19Cl2N/c1-9(13(2,3)4)16-8-10-6-5-7-11(14)12(10)15/h5-7,9,16H,8H2,1-4H3. The van der Waals surface area contributed by atoms with Crippen LogP contribution in [-0.2, 0) is 6.54 Å². The smallest absolute Gasteiger partial charge is 0.0637 e. The van der Waals surface area contributed by atoms with Crippen molar-refractivity contribution in [3.8, 4) is 0 Å². The number of benzene rings is 1. The molecule has 0 aliphatic carbocycles. The third-order valence-electron chi connectivity index (χ3n) is 2.93. The SMILES string of the molecule is CC(NCc1cccc(Cl)c1Cl)C(C)(C)C. The lowest BCUT2D eigenvalue weighted by Crippen LogP contribution is -2.37. The molecule has 3 heteroatoms. The van der Waals surface area contributed by atoms with E-state index in [0.717, 1.165) is 12.1 Å². The highest BCUT2D eigenvalue weighted by molar-refractivity contribution is 6.42. The molecular formula is C13H19Cl2N. The van der Waals surface area contributed by atoms with E-state index < -0.39 is 0 Å². The van der Waals surface area contributed by atoms with E-state index in [-0.39, 0.29) is 5.41 Å². The molecule has 90 valence electrons. The van der Waals surface area contributed by atoms with Gasteiger partial charge in [-0.25, -0.2) is 0 Å². The summed E-state index contributed by atoms with van der Waals surface area (Å²) in [6.07, 6.45) is 0. The molecule has 0 radical (unpaired) electrons. The molecule has 1 aromatic carbocycles. The number of hydrogen-bond acceptors (Lipinski definition) is 1. The summed E-state index contributed by atoms with van der Waals surface area (Å²) in [6, 6.07) is 6.15.